The molecule has 0 aliphatic carbocycles. The Balaban J connectivity index is 1.57. The SMILES string of the molecule is CN(C[C@@H]1C[C@H](SC(=O)OC(C)(C)C)CN1)c1cccc2ccccc12. The maximum atomic E-state index is 12.0. The molecular formula is C21H28N2O2S. The summed E-state index contributed by atoms with van der Waals surface area (Å²) in [5, 5.41) is 6.19. The number of ether oxygens (including phenoxy) is 1. The molecule has 2 aromatic rings. The van der Waals surface area contributed by atoms with E-state index in [1.807, 2.05) is 20.8 Å². The van der Waals surface area contributed by atoms with Gasteiger partial charge in [0, 0.05) is 42.5 Å². The molecule has 4 nitrogen and oxygen atoms in total. The average Bonchev–Trinajstić information content (AvgIpc) is 2.99. The Morgan fingerprint density at radius 1 is 1.23 bits per heavy atom. The minimum absolute atomic E-state index is 0.174. The topological polar surface area (TPSA) is 41.6 Å². The van der Waals surface area contributed by atoms with E-state index in [-0.39, 0.29) is 10.6 Å². The Kier molecular flexibility index (Phi) is 5.78. The predicted molar refractivity (Wildman–Crippen MR) is 111 cm³/mol. The second-order valence-electron chi connectivity index (χ2n) is 7.92. The van der Waals surface area contributed by atoms with Gasteiger partial charge in [-0.05, 0) is 50.4 Å². The van der Waals surface area contributed by atoms with Crippen LogP contribution < -0.4 is 10.2 Å². The van der Waals surface area contributed by atoms with Gasteiger partial charge >= 0.3 is 5.30 Å². The highest BCUT2D eigenvalue weighted by Crippen LogP contribution is 2.28. The number of nitrogens with zero attached hydrogens (tertiary/aromatic N) is 1. The van der Waals surface area contributed by atoms with Crippen molar-refractivity contribution in [1.29, 1.82) is 0 Å². The molecule has 140 valence electrons. The van der Waals surface area contributed by atoms with Crippen molar-refractivity contribution in [2.45, 2.75) is 44.1 Å². The van der Waals surface area contributed by atoms with Crippen LogP contribution in [0.2, 0.25) is 0 Å². The minimum Gasteiger partial charge on any atom is -0.452 e. The molecule has 0 amide bonds. The summed E-state index contributed by atoms with van der Waals surface area (Å²) in [5.41, 5.74) is 0.817. The van der Waals surface area contributed by atoms with Crippen LogP contribution in [0.25, 0.3) is 10.8 Å². The highest BCUT2D eigenvalue weighted by molar-refractivity contribution is 8.13. The van der Waals surface area contributed by atoms with Crippen molar-refractivity contribution in [2.75, 3.05) is 25.0 Å². The highest BCUT2D eigenvalue weighted by atomic mass is 32.2. The van der Waals surface area contributed by atoms with Gasteiger partial charge in [-0.2, -0.15) is 0 Å². The van der Waals surface area contributed by atoms with Crippen LogP contribution in [0.4, 0.5) is 10.5 Å². The van der Waals surface area contributed by atoms with E-state index in [4.69, 9.17) is 4.74 Å². The summed E-state index contributed by atoms with van der Waals surface area (Å²) in [4.78, 5) is 14.3. The second-order valence-corrected chi connectivity index (χ2v) is 9.16. The zero-order valence-corrected chi connectivity index (χ0v) is 16.8. The van der Waals surface area contributed by atoms with Gasteiger partial charge in [-0.15, -0.1) is 0 Å². The van der Waals surface area contributed by atoms with Gasteiger partial charge in [-0.1, -0.05) is 36.4 Å². The van der Waals surface area contributed by atoms with E-state index in [2.05, 4.69) is 59.7 Å². The molecular weight excluding hydrogens is 344 g/mol. The number of carbonyl (C=O) groups is 1. The van der Waals surface area contributed by atoms with E-state index in [0.717, 1.165) is 19.5 Å². The molecule has 3 rings (SSSR count). The Morgan fingerprint density at radius 3 is 2.73 bits per heavy atom. The Bertz CT molecular complexity index is 767. The number of thioether (sulfide) groups is 1. The van der Waals surface area contributed by atoms with Crippen molar-refractivity contribution in [3.8, 4) is 0 Å². The lowest BCUT2D eigenvalue weighted by Gasteiger charge is -2.25. The van der Waals surface area contributed by atoms with Crippen LogP contribution in [-0.4, -0.2) is 42.3 Å². The monoisotopic (exact) mass is 372 g/mol. The number of nitrogens with one attached hydrogen (secondary N) is 1. The van der Waals surface area contributed by atoms with E-state index in [1.54, 1.807) is 0 Å². The Morgan fingerprint density at radius 2 is 1.96 bits per heavy atom. The van der Waals surface area contributed by atoms with E-state index in [1.165, 1.54) is 28.2 Å². The van der Waals surface area contributed by atoms with Crippen LogP contribution in [0.5, 0.6) is 0 Å². The van der Waals surface area contributed by atoms with Gasteiger partial charge in [-0.3, -0.25) is 0 Å². The quantitative estimate of drug-likeness (QED) is 0.790. The van der Waals surface area contributed by atoms with Gasteiger partial charge in [0.1, 0.15) is 5.60 Å². The molecule has 26 heavy (non-hydrogen) atoms. The third-order valence-electron chi connectivity index (χ3n) is 4.51. The maximum absolute atomic E-state index is 12.0. The fourth-order valence-corrected chi connectivity index (χ4v) is 4.47. The molecule has 2 atom stereocenters. The van der Waals surface area contributed by atoms with Crippen molar-refractivity contribution < 1.29 is 9.53 Å². The molecule has 1 N–H and O–H groups in total. The lowest BCUT2D eigenvalue weighted by molar-refractivity contribution is 0.0737. The first-order valence-corrected chi connectivity index (χ1v) is 10.0. The fourth-order valence-electron chi connectivity index (χ4n) is 3.39. The summed E-state index contributed by atoms with van der Waals surface area (Å²) < 4.78 is 5.42. The molecule has 0 saturated carbocycles. The first-order chi connectivity index (χ1) is 12.3. The van der Waals surface area contributed by atoms with E-state index in [9.17, 15) is 4.79 Å². The summed E-state index contributed by atoms with van der Waals surface area (Å²) >= 11 is 1.32. The third kappa shape index (κ3) is 4.92. The van der Waals surface area contributed by atoms with Crippen molar-refractivity contribution in [3.63, 3.8) is 0 Å². The zero-order chi connectivity index (χ0) is 18.7. The molecule has 0 radical (unpaired) electrons. The average molecular weight is 373 g/mol. The first kappa shape index (κ1) is 19.1. The zero-order valence-electron chi connectivity index (χ0n) is 16.0. The molecule has 0 aromatic heterocycles. The fraction of sp³-hybridized carbons (Fsp3) is 0.476. The van der Waals surface area contributed by atoms with Crippen molar-refractivity contribution >= 4 is 33.5 Å². The van der Waals surface area contributed by atoms with Crippen LogP contribution in [-0.2, 0) is 4.74 Å². The number of hydrogen-bond acceptors (Lipinski definition) is 5. The van der Waals surface area contributed by atoms with E-state index in [0.29, 0.717) is 6.04 Å². The van der Waals surface area contributed by atoms with Crippen LogP contribution >= 0.6 is 11.8 Å². The molecule has 5 heteroatoms. The number of carbonyl (C=O) groups excluding carboxylic acids is 1. The van der Waals surface area contributed by atoms with Gasteiger partial charge < -0.3 is 15.0 Å². The third-order valence-corrected chi connectivity index (χ3v) is 5.47. The summed E-state index contributed by atoms with van der Waals surface area (Å²) in [5.74, 6) is 0. The van der Waals surface area contributed by atoms with Crippen molar-refractivity contribution in [3.05, 3.63) is 42.5 Å². The predicted octanol–water partition coefficient (Wildman–Crippen LogP) is 4.67. The van der Waals surface area contributed by atoms with Crippen LogP contribution in [0.15, 0.2) is 42.5 Å². The summed E-state index contributed by atoms with van der Waals surface area (Å²) in [6, 6.07) is 15.3. The summed E-state index contributed by atoms with van der Waals surface area (Å²) in [7, 11) is 2.14. The number of rotatable bonds is 4. The van der Waals surface area contributed by atoms with Gasteiger partial charge in [0.2, 0.25) is 0 Å². The molecule has 1 aliphatic heterocycles. The Labute approximate surface area is 160 Å². The summed E-state index contributed by atoms with van der Waals surface area (Å²) in [6.45, 7) is 7.47. The molecule has 1 aliphatic rings. The second kappa shape index (κ2) is 7.89. The lowest BCUT2D eigenvalue weighted by atomic mass is 10.1. The van der Waals surface area contributed by atoms with E-state index >= 15 is 0 Å². The van der Waals surface area contributed by atoms with Crippen LogP contribution in [0.1, 0.15) is 27.2 Å². The first-order valence-electron chi connectivity index (χ1n) is 9.14. The lowest BCUT2D eigenvalue weighted by Crippen LogP contribution is -2.35. The van der Waals surface area contributed by atoms with Crippen molar-refractivity contribution in [2.24, 2.45) is 0 Å². The highest BCUT2D eigenvalue weighted by Gasteiger charge is 2.29. The largest absolute Gasteiger partial charge is 0.452 e. The molecule has 0 unspecified atom stereocenters. The normalized spacial score (nSPS) is 20.3. The maximum Gasteiger partial charge on any atom is 0.368 e. The van der Waals surface area contributed by atoms with Gasteiger partial charge in [0.15, 0.2) is 0 Å². The molecule has 1 heterocycles. The number of likely N-dealkylation sites (N-methyl/N-ethyl adjacent to an activating group) is 1. The molecule has 0 bridgehead atoms. The number of benzene rings is 2. The van der Waals surface area contributed by atoms with E-state index < -0.39 is 5.60 Å². The molecule has 0 spiro atoms. The van der Waals surface area contributed by atoms with Crippen LogP contribution in [0, 0.1) is 0 Å². The number of anilines is 1. The van der Waals surface area contributed by atoms with Crippen LogP contribution in [0.3, 0.4) is 0 Å². The minimum atomic E-state index is -0.426. The van der Waals surface area contributed by atoms with Gasteiger partial charge in [0.05, 0.1) is 0 Å². The Hall–Kier alpha value is -1.72. The van der Waals surface area contributed by atoms with Gasteiger partial charge in [-0.25, -0.2) is 4.79 Å². The molecule has 1 fully saturated rings. The smallest absolute Gasteiger partial charge is 0.368 e. The number of fused-ring (bicyclic) bond motifs is 1. The summed E-state index contributed by atoms with van der Waals surface area (Å²) in [6.07, 6.45) is 0.971. The molecule has 1 saturated heterocycles. The number of hydrogen-bond donors (Lipinski definition) is 1. The standard InChI is InChI=1S/C21H28N2O2S/c1-21(2,3)25-20(24)26-17-12-16(22-13-17)14-23(4)19-11-7-9-15-8-5-6-10-18(15)19/h5-11,16-17,22H,12-14H2,1-4H3/t16-,17-/m0/s1. The molecule has 2 aromatic carbocycles. The van der Waals surface area contributed by atoms with Crippen molar-refractivity contribution in [1.82, 2.24) is 5.32 Å². The van der Waals surface area contributed by atoms with Gasteiger partial charge in [0.25, 0.3) is 0 Å².